The number of aromatic amines is 1. The highest BCUT2D eigenvalue weighted by molar-refractivity contribution is 7.71. The van der Waals surface area contributed by atoms with Crippen molar-refractivity contribution in [3.8, 4) is 17.1 Å². The Bertz CT molecular complexity index is 837. The molecule has 0 radical (unpaired) electrons. The van der Waals surface area contributed by atoms with Crippen LogP contribution in [0, 0.1) is 14.9 Å². The molecule has 1 aromatic heterocycles. The zero-order chi connectivity index (χ0) is 14.8. The molecule has 104 valence electrons. The van der Waals surface area contributed by atoms with E-state index in [1.54, 1.807) is 16.7 Å². The van der Waals surface area contributed by atoms with E-state index in [2.05, 4.69) is 10.2 Å². The SMILES string of the molecule is O=[N+]([O-])c1ccc(-n2c(-c3ccccc3)n[nH]c2=S)cc1. The van der Waals surface area contributed by atoms with Gasteiger partial charge in [-0.25, -0.2) is 0 Å². The molecule has 0 atom stereocenters. The summed E-state index contributed by atoms with van der Waals surface area (Å²) in [6.07, 6.45) is 0. The van der Waals surface area contributed by atoms with Gasteiger partial charge in [0.2, 0.25) is 0 Å². The van der Waals surface area contributed by atoms with Gasteiger partial charge in [0.1, 0.15) is 0 Å². The first-order valence-electron chi connectivity index (χ1n) is 6.14. The van der Waals surface area contributed by atoms with Crippen LogP contribution in [0.25, 0.3) is 17.1 Å². The van der Waals surface area contributed by atoms with E-state index in [4.69, 9.17) is 12.2 Å². The van der Waals surface area contributed by atoms with Crippen molar-refractivity contribution in [2.75, 3.05) is 0 Å². The van der Waals surface area contributed by atoms with Crippen molar-refractivity contribution in [1.82, 2.24) is 14.8 Å². The number of nitrogens with zero attached hydrogens (tertiary/aromatic N) is 3. The van der Waals surface area contributed by atoms with E-state index in [0.717, 1.165) is 11.3 Å². The molecule has 0 fully saturated rings. The number of hydrogen-bond donors (Lipinski definition) is 1. The van der Waals surface area contributed by atoms with Gasteiger partial charge in [-0.05, 0) is 24.4 Å². The van der Waals surface area contributed by atoms with Crippen LogP contribution >= 0.6 is 12.2 Å². The van der Waals surface area contributed by atoms with E-state index in [9.17, 15) is 10.1 Å². The van der Waals surface area contributed by atoms with E-state index in [1.807, 2.05) is 30.3 Å². The van der Waals surface area contributed by atoms with Gasteiger partial charge < -0.3 is 0 Å². The number of aromatic nitrogens is 3. The van der Waals surface area contributed by atoms with Crippen LogP contribution in [0.5, 0.6) is 0 Å². The summed E-state index contributed by atoms with van der Waals surface area (Å²) in [4.78, 5) is 10.3. The van der Waals surface area contributed by atoms with Gasteiger partial charge in [-0.3, -0.25) is 19.8 Å². The molecule has 0 amide bonds. The Kier molecular flexibility index (Phi) is 3.33. The Morgan fingerprint density at radius 3 is 2.38 bits per heavy atom. The van der Waals surface area contributed by atoms with E-state index in [-0.39, 0.29) is 5.69 Å². The molecule has 0 saturated carbocycles. The molecule has 0 saturated heterocycles. The molecule has 2 aromatic carbocycles. The predicted molar refractivity (Wildman–Crippen MR) is 80.8 cm³/mol. The summed E-state index contributed by atoms with van der Waals surface area (Å²) in [5.41, 5.74) is 1.66. The maximum atomic E-state index is 10.7. The number of nitro benzene ring substituents is 1. The molecule has 0 unspecified atom stereocenters. The number of nitrogens with one attached hydrogen (secondary N) is 1. The Balaban J connectivity index is 2.13. The summed E-state index contributed by atoms with van der Waals surface area (Å²) < 4.78 is 2.18. The zero-order valence-corrected chi connectivity index (χ0v) is 11.6. The van der Waals surface area contributed by atoms with Crippen LogP contribution < -0.4 is 0 Å². The zero-order valence-electron chi connectivity index (χ0n) is 10.8. The normalized spacial score (nSPS) is 10.5. The Morgan fingerprint density at radius 1 is 1.10 bits per heavy atom. The van der Waals surface area contributed by atoms with Gasteiger partial charge in [0, 0.05) is 17.7 Å². The highest BCUT2D eigenvalue weighted by atomic mass is 32.1. The molecule has 7 heteroatoms. The molecule has 1 N–H and O–H groups in total. The molecule has 3 aromatic rings. The lowest BCUT2D eigenvalue weighted by Gasteiger charge is -2.06. The third-order valence-electron chi connectivity index (χ3n) is 3.02. The summed E-state index contributed by atoms with van der Waals surface area (Å²) >= 11 is 5.25. The molecule has 0 aliphatic rings. The van der Waals surface area contributed by atoms with Gasteiger partial charge in [0.25, 0.3) is 5.69 Å². The summed E-state index contributed by atoms with van der Waals surface area (Å²) in [7, 11) is 0. The minimum atomic E-state index is -0.434. The van der Waals surface area contributed by atoms with Crippen LogP contribution in [0.15, 0.2) is 54.6 Å². The number of H-pyrrole nitrogens is 1. The molecule has 21 heavy (non-hydrogen) atoms. The number of non-ortho nitro benzene ring substituents is 1. The standard InChI is InChI=1S/C14H10N4O2S/c19-18(20)12-8-6-11(7-9-12)17-13(15-16-14(17)21)10-4-2-1-3-5-10/h1-9H,(H,16,21). The number of benzene rings is 2. The first kappa shape index (κ1) is 13.2. The summed E-state index contributed by atoms with van der Waals surface area (Å²) in [5.74, 6) is 0.662. The average Bonchev–Trinajstić information content (AvgIpc) is 2.90. The molecule has 3 rings (SSSR count). The maximum absolute atomic E-state index is 10.7. The van der Waals surface area contributed by atoms with Crippen LogP contribution in [0.1, 0.15) is 0 Å². The maximum Gasteiger partial charge on any atom is 0.269 e. The molecule has 0 aliphatic carbocycles. The molecular formula is C14H10N4O2S. The summed E-state index contributed by atoms with van der Waals surface area (Å²) in [5, 5.41) is 17.7. The smallest absolute Gasteiger partial charge is 0.268 e. The van der Waals surface area contributed by atoms with Crippen molar-refractivity contribution in [1.29, 1.82) is 0 Å². The van der Waals surface area contributed by atoms with Crippen LogP contribution in [0.2, 0.25) is 0 Å². The van der Waals surface area contributed by atoms with E-state index in [1.165, 1.54) is 12.1 Å². The lowest BCUT2D eigenvalue weighted by molar-refractivity contribution is -0.384. The highest BCUT2D eigenvalue weighted by Gasteiger charge is 2.12. The van der Waals surface area contributed by atoms with Crippen molar-refractivity contribution >= 4 is 17.9 Å². The lowest BCUT2D eigenvalue weighted by atomic mass is 10.2. The largest absolute Gasteiger partial charge is 0.269 e. The minimum absolute atomic E-state index is 0.0371. The third kappa shape index (κ3) is 2.46. The fourth-order valence-electron chi connectivity index (χ4n) is 2.04. The first-order chi connectivity index (χ1) is 10.2. The Hall–Kier alpha value is -2.80. The third-order valence-corrected chi connectivity index (χ3v) is 3.30. The second-order valence-electron chi connectivity index (χ2n) is 4.33. The highest BCUT2D eigenvalue weighted by Crippen LogP contribution is 2.22. The second-order valence-corrected chi connectivity index (χ2v) is 4.71. The van der Waals surface area contributed by atoms with Crippen LogP contribution in [0.3, 0.4) is 0 Å². The molecule has 6 nitrogen and oxygen atoms in total. The molecule has 0 spiro atoms. The van der Waals surface area contributed by atoms with Crippen molar-refractivity contribution < 1.29 is 4.92 Å². The summed E-state index contributed by atoms with van der Waals surface area (Å²) in [6, 6.07) is 15.8. The topological polar surface area (TPSA) is 76.8 Å². The molecule has 1 heterocycles. The predicted octanol–water partition coefficient (Wildman–Crippen LogP) is 3.51. The fraction of sp³-hybridized carbons (Fsp3) is 0. The Morgan fingerprint density at radius 2 is 1.76 bits per heavy atom. The van der Waals surface area contributed by atoms with Gasteiger partial charge in [-0.15, -0.1) is 0 Å². The van der Waals surface area contributed by atoms with Gasteiger partial charge in [0.05, 0.1) is 10.6 Å². The van der Waals surface area contributed by atoms with E-state index in [0.29, 0.717) is 10.6 Å². The number of nitro groups is 1. The van der Waals surface area contributed by atoms with Gasteiger partial charge in [-0.1, -0.05) is 30.3 Å². The quantitative estimate of drug-likeness (QED) is 0.456. The van der Waals surface area contributed by atoms with Crippen molar-refractivity contribution in [3.63, 3.8) is 0 Å². The number of hydrogen-bond acceptors (Lipinski definition) is 4. The first-order valence-corrected chi connectivity index (χ1v) is 6.55. The van der Waals surface area contributed by atoms with Crippen molar-refractivity contribution in [2.24, 2.45) is 0 Å². The van der Waals surface area contributed by atoms with Crippen LogP contribution in [-0.2, 0) is 0 Å². The molecule has 0 bridgehead atoms. The molecule has 0 aliphatic heterocycles. The molecular weight excluding hydrogens is 288 g/mol. The van der Waals surface area contributed by atoms with Gasteiger partial charge >= 0.3 is 0 Å². The minimum Gasteiger partial charge on any atom is -0.268 e. The van der Waals surface area contributed by atoms with Crippen LogP contribution in [0.4, 0.5) is 5.69 Å². The van der Waals surface area contributed by atoms with E-state index < -0.39 is 4.92 Å². The van der Waals surface area contributed by atoms with E-state index >= 15 is 0 Å². The van der Waals surface area contributed by atoms with Crippen LogP contribution in [-0.4, -0.2) is 19.7 Å². The van der Waals surface area contributed by atoms with Crippen molar-refractivity contribution in [3.05, 3.63) is 69.5 Å². The van der Waals surface area contributed by atoms with Crippen molar-refractivity contribution in [2.45, 2.75) is 0 Å². The summed E-state index contributed by atoms with van der Waals surface area (Å²) in [6.45, 7) is 0. The van der Waals surface area contributed by atoms with Gasteiger partial charge in [0.15, 0.2) is 10.6 Å². The second kappa shape index (κ2) is 5.29. The monoisotopic (exact) mass is 298 g/mol. The average molecular weight is 298 g/mol. The fourth-order valence-corrected chi connectivity index (χ4v) is 2.28. The Labute approximate surface area is 124 Å². The lowest BCUT2D eigenvalue weighted by Crippen LogP contribution is -1.98. The number of rotatable bonds is 3. The van der Waals surface area contributed by atoms with Gasteiger partial charge in [-0.2, -0.15) is 5.10 Å².